The Morgan fingerprint density at radius 3 is 2.56 bits per heavy atom. The number of benzene rings is 1. The molecule has 0 unspecified atom stereocenters. The molecule has 2 rings (SSSR count). The lowest BCUT2D eigenvalue weighted by Crippen LogP contribution is -2.37. The van der Waals surface area contributed by atoms with Crippen molar-refractivity contribution in [3.63, 3.8) is 0 Å². The number of nitrogens with one attached hydrogen (secondary N) is 1. The Morgan fingerprint density at radius 2 is 1.92 bits per heavy atom. The highest BCUT2D eigenvalue weighted by atomic mass is 16.4. The van der Waals surface area contributed by atoms with Gasteiger partial charge in [-0.3, -0.25) is 9.59 Å². The van der Waals surface area contributed by atoms with Gasteiger partial charge < -0.3 is 25.4 Å². The smallest absolute Gasteiger partial charge is 0.451 e. The standard InChI is InChI=1S/C17H25BN2O5/c21-16(10-19-9-13-5-2-1-3-6-13)20-11-14(7-4-8-18(24)25)15(12-20)17(22)23/h1-3,5-6,14-15,19,24-25H,4,7-12H2,(H,22,23)/t14-,15+/m0/s1. The first-order valence-electron chi connectivity index (χ1n) is 8.58. The first-order valence-corrected chi connectivity index (χ1v) is 8.58. The third-order valence-electron chi connectivity index (χ3n) is 4.60. The third kappa shape index (κ3) is 6.15. The lowest BCUT2D eigenvalue weighted by atomic mass is 9.80. The summed E-state index contributed by atoms with van der Waals surface area (Å²) in [7, 11) is -1.37. The van der Waals surface area contributed by atoms with Gasteiger partial charge in [0.25, 0.3) is 0 Å². The van der Waals surface area contributed by atoms with Gasteiger partial charge in [0.05, 0.1) is 12.5 Å². The Labute approximate surface area is 147 Å². The molecule has 1 saturated heterocycles. The minimum Gasteiger partial charge on any atom is -0.481 e. The van der Waals surface area contributed by atoms with E-state index in [1.807, 2.05) is 30.3 Å². The average Bonchev–Trinajstić information content (AvgIpc) is 3.00. The molecule has 1 aromatic carbocycles. The maximum atomic E-state index is 12.3. The van der Waals surface area contributed by atoms with Crippen molar-refractivity contribution in [3.8, 4) is 0 Å². The van der Waals surface area contributed by atoms with Gasteiger partial charge in [-0.15, -0.1) is 0 Å². The van der Waals surface area contributed by atoms with Crippen LogP contribution < -0.4 is 5.32 Å². The van der Waals surface area contributed by atoms with Crippen molar-refractivity contribution in [1.29, 1.82) is 0 Å². The molecule has 1 heterocycles. The van der Waals surface area contributed by atoms with E-state index in [0.717, 1.165) is 5.56 Å². The summed E-state index contributed by atoms with van der Waals surface area (Å²) in [4.78, 5) is 25.3. The van der Waals surface area contributed by atoms with E-state index in [1.54, 1.807) is 4.90 Å². The van der Waals surface area contributed by atoms with E-state index in [1.165, 1.54) is 0 Å². The van der Waals surface area contributed by atoms with Gasteiger partial charge in [-0.05, 0) is 24.2 Å². The van der Waals surface area contributed by atoms with Gasteiger partial charge in [-0.25, -0.2) is 0 Å². The van der Waals surface area contributed by atoms with E-state index in [2.05, 4.69) is 5.32 Å². The average molecular weight is 348 g/mol. The largest absolute Gasteiger partial charge is 0.481 e. The summed E-state index contributed by atoms with van der Waals surface area (Å²) < 4.78 is 0. The van der Waals surface area contributed by atoms with Crippen LogP contribution in [0.15, 0.2) is 30.3 Å². The molecule has 1 aromatic rings. The molecule has 25 heavy (non-hydrogen) atoms. The molecule has 1 aliphatic heterocycles. The highest BCUT2D eigenvalue weighted by molar-refractivity contribution is 6.40. The summed E-state index contributed by atoms with van der Waals surface area (Å²) in [6.07, 6.45) is 1.31. The Balaban J connectivity index is 1.80. The number of carboxylic acids is 1. The van der Waals surface area contributed by atoms with Crippen molar-refractivity contribution in [2.24, 2.45) is 11.8 Å². The van der Waals surface area contributed by atoms with Gasteiger partial charge in [-0.2, -0.15) is 0 Å². The molecule has 0 radical (unpaired) electrons. The minimum absolute atomic E-state index is 0.105. The van der Waals surface area contributed by atoms with Crippen molar-refractivity contribution < 1.29 is 24.7 Å². The molecule has 2 atom stereocenters. The zero-order valence-corrected chi connectivity index (χ0v) is 14.2. The maximum Gasteiger partial charge on any atom is 0.451 e. The van der Waals surface area contributed by atoms with E-state index in [-0.39, 0.29) is 31.2 Å². The summed E-state index contributed by atoms with van der Waals surface area (Å²) in [6, 6.07) is 9.75. The summed E-state index contributed by atoms with van der Waals surface area (Å²) in [5.74, 6) is -1.74. The molecule has 0 spiro atoms. The first-order chi connectivity index (χ1) is 12.0. The number of amides is 1. The molecule has 0 aliphatic carbocycles. The quantitative estimate of drug-likeness (QED) is 0.474. The highest BCUT2D eigenvalue weighted by Gasteiger charge is 2.39. The normalized spacial score (nSPS) is 19.8. The van der Waals surface area contributed by atoms with Crippen molar-refractivity contribution in [1.82, 2.24) is 10.2 Å². The molecule has 0 bridgehead atoms. The molecule has 0 aromatic heterocycles. The molecule has 0 saturated carbocycles. The molecular formula is C17H25BN2O5. The van der Waals surface area contributed by atoms with Crippen LogP contribution in [0.4, 0.5) is 0 Å². The van der Waals surface area contributed by atoms with Gasteiger partial charge in [0, 0.05) is 19.6 Å². The number of aliphatic carboxylic acids is 1. The number of carbonyl (C=O) groups is 2. The molecule has 1 fully saturated rings. The zero-order valence-electron chi connectivity index (χ0n) is 14.2. The first kappa shape index (κ1) is 19.4. The van der Waals surface area contributed by atoms with Crippen LogP contribution in [0, 0.1) is 11.8 Å². The number of hydrogen-bond donors (Lipinski definition) is 4. The second-order valence-electron chi connectivity index (χ2n) is 6.50. The van der Waals surface area contributed by atoms with E-state index in [4.69, 9.17) is 10.0 Å². The Hall–Kier alpha value is -1.90. The molecule has 4 N–H and O–H groups in total. The second kappa shape index (κ2) is 9.55. The van der Waals surface area contributed by atoms with Crippen LogP contribution >= 0.6 is 0 Å². The lowest BCUT2D eigenvalue weighted by Gasteiger charge is -2.17. The SMILES string of the molecule is O=C(O)[C@@H]1CN(C(=O)CNCc2ccccc2)C[C@@H]1CCCB(O)O. The summed E-state index contributed by atoms with van der Waals surface area (Å²) in [5.41, 5.74) is 1.08. The molecule has 8 heteroatoms. The molecule has 136 valence electrons. The van der Waals surface area contributed by atoms with Gasteiger partial charge in [0.2, 0.25) is 5.91 Å². The summed E-state index contributed by atoms with van der Waals surface area (Å²) in [6.45, 7) is 1.38. The highest BCUT2D eigenvalue weighted by Crippen LogP contribution is 2.28. The summed E-state index contributed by atoms with van der Waals surface area (Å²) >= 11 is 0. The molecule has 1 aliphatic rings. The zero-order chi connectivity index (χ0) is 18.2. The maximum absolute atomic E-state index is 12.3. The van der Waals surface area contributed by atoms with E-state index < -0.39 is 19.0 Å². The van der Waals surface area contributed by atoms with E-state index in [9.17, 15) is 14.7 Å². The topological polar surface area (TPSA) is 110 Å². The van der Waals surface area contributed by atoms with Gasteiger partial charge >= 0.3 is 13.1 Å². The number of carboxylic acid groups (broad SMARTS) is 1. The molecular weight excluding hydrogens is 323 g/mol. The minimum atomic E-state index is -1.37. The van der Waals surface area contributed by atoms with Crippen LogP contribution in [0.2, 0.25) is 6.32 Å². The van der Waals surface area contributed by atoms with Gasteiger partial charge in [-0.1, -0.05) is 36.8 Å². The Kier molecular flexibility index (Phi) is 7.42. The fourth-order valence-corrected chi connectivity index (χ4v) is 3.23. The van der Waals surface area contributed by atoms with Crippen LogP contribution in [-0.2, 0) is 16.1 Å². The molecule has 7 nitrogen and oxygen atoms in total. The lowest BCUT2D eigenvalue weighted by molar-refractivity contribution is -0.142. The monoisotopic (exact) mass is 348 g/mol. The van der Waals surface area contributed by atoms with Crippen molar-refractivity contribution in [3.05, 3.63) is 35.9 Å². The fraction of sp³-hybridized carbons (Fsp3) is 0.529. The molecule has 1 amide bonds. The van der Waals surface area contributed by atoms with Crippen LogP contribution in [0.5, 0.6) is 0 Å². The fourth-order valence-electron chi connectivity index (χ4n) is 3.23. The van der Waals surface area contributed by atoms with E-state index >= 15 is 0 Å². The summed E-state index contributed by atoms with van der Waals surface area (Å²) in [5, 5.41) is 30.3. The van der Waals surface area contributed by atoms with Crippen molar-refractivity contribution >= 4 is 19.0 Å². The second-order valence-corrected chi connectivity index (χ2v) is 6.50. The van der Waals surface area contributed by atoms with Crippen LogP contribution in [0.1, 0.15) is 18.4 Å². The number of likely N-dealkylation sites (tertiary alicyclic amines) is 1. The Bertz CT molecular complexity index is 569. The van der Waals surface area contributed by atoms with Gasteiger partial charge in [0.15, 0.2) is 0 Å². The van der Waals surface area contributed by atoms with Gasteiger partial charge in [0.1, 0.15) is 0 Å². The predicted molar refractivity (Wildman–Crippen MR) is 93.6 cm³/mol. The van der Waals surface area contributed by atoms with Crippen molar-refractivity contribution in [2.45, 2.75) is 25.7 Å². The number of carbonyl (C=O) groups excluding carboxylic acids is 1. The van der Waals surface area contributed by atoms with Crippen molar-refractivity contribution in [2.75, 3.05) is 19.6 Å². The number of hydrogen-bond acceptors (Lipinski definition) is 5. The third-order valence-corrected chi connectivity index (χ3v) is 4.60. The van der Waals surface area contributed by atoms with Crippen LogP contribution in [-0.4, -0.2) is 58.7 Å². The predicted octanol–water partition coefficient (Wildman–Crippen LogP) is 0.188. The van der Waals surface area contributed by atoms with E-state index in [0.29, 0.717) is 25.9 Å². The number of nitrogens with zero attached hydrogens (tertiary/aromatic N) is 1. The van der Waals surface area contributed by atoms with Crippen LogP contribution in [0.3, 0.4) is 0 Å². The Morgan fingerprint density at radius 1 is 1.20 bits per heavy atom. The number of rotatable bonds is 9. The van der Waals surface area contributed by atoms with Crippen LogP contribution in [0.25, 0.3) is 0 Å².